The number of benzene rings is 1. The number of hydrogen-bond donors (Lipinski definition) is 1. The van der Waals surface area contributed by atoms with Crippen LogP contribution in [0.15, 0.2) is 18.2 Å². The predicted molar refractivity (Wildman–Crippen MR) is 78.5 cm³/mol. The molecule has 1 aliphatic heterocycles. The molecule has 1 aromatic carbocycles. The molecule has 1 aliphatic rings. The summed E-state index contributed by atoms with van der Waals surface area (Å²) < 4.78 is 0. The quantitative estimate of drug-likeness (QED) is 0.911. The number of rotatable bonds is 3. The van der Waals surface area contributed by atoms with Crippen LogP contribution >= 0.6 is 23.2 Å². The summed E-state index contributed by atoms with van der Waals surface area (Å²) in [7, 11) is 2.03. The first-order valence-electron chi connectivity index (χ1n) is 6.48. The van der Waals surface area contributed by atoms with E-state index in [0.717, 1.165) is 28.7 Å². The first kappa shape index (κ1) is 14.1. The molecule has 0 aliphatic carbocycles. The maximum Gasteiger partial charge on any atom is 0.0454 e. The highest BCUT2D eigenvalue weighted by molar-refractivity contribution is 6.33. The number of piperidine rings is 1. The van der Waals surface area contributed by atoms with Gasteiger partial charge in [-0.05, 0) is 57.1 Å². The zero-order valence-corrected chi connectivity index (χ0v) is 12.4. The van der Waals surface area contributed by atoms with Crippen LogP contribution in [0.1, 0.15) is 31.4 Å². The van der Waals surface area contributed by atoms with Gasteiger partial charge in [-0.15, -0.1) is 0 Å². The van der Waals surface area contributed by atoms with Gasteiger partial charge in [0.15, 0.2) is 0 Å². The molecule has 2 rings (SSSR count). The minimum atomic E-state index is 0.312. The topological polar surface area (TPSA) is 15.3 Å². The largest absolute Gasteiger partial charge is 0.316 e. The van der Waals surface area contributed by atoms with Crippen molar-refractivity contribution in [2.45, 2.75) is 31.8 Å². The van der Waals surface area contributed by atoms with E-state index in [1.165, 1.54) is 12.8 Å². The van der Waals surface area contributed by atoms with Gasteiger partial charge in [-0.3, -0.25) is 4.90 Å². The lowest BCUT2D eigenvalue weighted by molar-refractivity contribution is 0.149. The van der Waals surface area contributed by atoms with Crippen LogP contribution in [-0.4, -0.2) is 31.1 Å². The van der Waals surface area contributed by atoms with Gasteiger partial charge in [-0.1, -0.05) is 23.2 Å². The molecular weight excluding hydrogens is 267 g/mol. The maximum absolute atomic E-state index is 6.28. The third kappa shape index (κ3) is 3.18. The van der Waals surface area contributed by atoms with Crippen LogP contribution in [-0.2, 0) is 0 Å². The van der Waals surface area contributed by atoms with Crippen LogP contribution < -0.4 is 5.32 Å². The SMILES string of the molecule is CNC1CCCN(C(C)c2cc(Cl)ccc2Cl)C1. The summed E-state index contributed by atoms with van der Waals surface area (Å²) in [6, 6.07) is 6.60. The molecule has 0 bridgehead atoms. The van der Waals surface area contributed by atoms with Gasteiger partial charge in [0.1, 0.15) is 0 Å². The summed E-state index contributed by atoms with van der Waals surface area (Å²) in [5, 5.41) is 4.92. The van der Waals surface area contributed by atoms with Crippen molar-refractivity contribution in [1.82, 2.24) is 10.2 Å². The second kappa shape index (κ2) is 6.25. The average molecular weight is 287 g/mol. The Bertz CT molecular complexity index is 409. The first-order chi connectivity index (χ1) is 8.61. The van der Waals surface area contributed by atoms with E-state index in [-0.39, 0.29) is 0 Å². The Morgan fingerprint density at radius 3 is 2.89 bits per heavy atom. The molecular formula is C14H20Cl2N2. The fourth-order valence-corrected chi connectivity index (χ4v) is 3.08. The number of hydrogen-bond acceptors (Lipinski definition) is 2. The van der Waals surface area contributed by atoms with E-state index in [9.17, 15) is 0 Å². The summed E-state index contributed by atoms with van der Waals surface area (Å²) in [5.74, 6) is 0. The number of likely N-dealkylation sites (N-methyl/N-ethyl adjacent to an activating group) is 1. The Kier molecular flexibility index (Phi) is 4.91. The molecule has 0 saturated carbocycles. The number of nitrogens with one attached hydrogen (secondary N) is 1. The third-order valence-electron chi connectivity index (χ3n) is 3.82. The lowest BCUT2D eigenvalue weighted by atomic mass is 10.0. The second-order valence-electron chi connectivity index (χ2n) is 4.96. The van der Waals surface area contributed by atoms with Crippen molar-refractivity contribution in [1.29, 1.82) is 0 Å². The van der Waals surface area contributed by atoms with Gasteiger partial charge in [0, 0.05) is 28.7 Å². The van der Waals surface area contributed by atoms with Crippen LogP contribution in [0, 0.1) is 0 Å². The Morgan fingerprint density at radius 2 is 2.17 bits per heavy atom. The van der Waals surface area contributed by atoms with Crippen molar-refractivity contribution in [2.75, 3.05) is 20.1 Å². The van der Waals surface area contributed by atoms with Crippen molar-refractivity contribution in [3.05, 3.63) is 33.8 Å². The van der Waals surface area contributed by atoms with Gasteiger partial charge in [0.25, 0.3) is 0 Å². The highest BCUT2D eigenvalue weighted by Gasteiger charge is 2.24. The molecule has 4 heteroatoms. The normalized spacial score (nSPS) is 23.0. The van der Waals surface area contributed by atoms with Crippen LogP contribution in [0.3, 0.4) is 0 Å². The highest BCUT2D eigenvalue weighted by Crippen LogP contribution is 2.31. The zero-order chi connectivity index (χ0) is 13.1. The van der Waals surface area contributed by atoms with E-state index in [1.54, 1.807) is 0 Å². The summed E-state index contributed by atoms with van der Waals surface area (Å²) in [4.78, 5) is 2.47. The minimum Gasteiger partial charge on any atom is -0.316 e. The monoisotopic (exact) mass is 286 g/mol. The van der Waals surface area contributed by atoms with E-state index in [2.05, 4.69) is 17.1 Å². The van der Waals surface area contributed by atoms with E-state index in [1.807, 2.05) is 25.2 Å². The fraction of sp³-hybridized carbons (Fsp3) is 0.571. The molecule has 0 radical (unpaired) electrons. The zero-order valence-electron chi connectivity index (χ0n) is 10.9. The Hall–Kier alpha value is -0.280. The average Bonchev–Trinajstić information content (AvgIpc) is 2.41. The van der Waals surface area contributed by atoms with Gasteiger partial charge >= 0.3 is 0 Å². The summed E-state index contributed by atoms with van der Waals surface area (Å²) in [6.07, 6.45) is 2.48. The molecule has 1 saturated heterocycles. The molecule has 100 valence electrons. The minimum absolute atomic E-state index is 0.312. The fourth-order valence-electron chi connectivity index (χ4n) is 2.63. The van der Waals surface area contributed by atoms with Gasteiger partial charge in [-0.25, -0.2) is 0 Å². The Balaban J connectivity index is 2.14. The number of halogens is 2. The van der Waals surface area contributed by atoms with Crippen LogP contribution in [0.25, 0.3) is 0 Å². The van der Waals surface area contributed by atoms with Crippen molar-refractivity contribution in [3.8, 4) is 0 Å². The standard InChI is InChI=1S/C14H20Cl2N2/c1-10(13-8-11(15)5-6-14(13)16)18-7-3-4-12(9-18)17-2/h5-6,8,10,12,17H,3-4,7,9H2,1-2H3. The number of nitrogens with zero attached hydrogens (tertiary/aromatic N) is 1. The maximum atomic E-state index is 6.28. The summed E-state index contributed by atoms with van der Waals surface area (Å²) in [6.45, 7) is 4.40. The molecule has 0 amide bonds. The Labute approximate surface area is 119 Å². The molecule has 1 fully saturated rings. The van der Waals surface area contributed by atoms with E-state index in [0.29, 0.717) is 12.1 Å². The summed E-state index contributed by atoms with van der Waals surface area (Å²) in [5.41, 5.74) is 1.13. The van der Waals surface area contributed by atoms with Crippen LogP contribution in [0.5, 0.6) is 0 Å². The highest BCUT2D eigenvalue weighted by atomic mass is 35.5. The molecule has 0 aromatic heterocycles. The molecule has 0 spiro atoms. The van der Waals surface area contributed by atoms with Crippen LogP contribution in [0.2, 0.25) is 10.0 Å². The Morgan fingerprint density at radius 1 is 1.39 bits per heavy atom. The number of likely N-dealkylation sites (tertiary alicyclic amines) is 1. The second-order valence-corrected chi connectivity index (χ2v) is 5.81. The van der Waals surface area contributed by atoms with Gasteiger partial charge in [0.2, 0.25) is 0 Å². The van der Waals surface area contributed by atoms with E-state index in [4.69, 9.17) is 23.2 Å². The van der Waals surface area contributed by atoms with E-state index >= 15 is 0 Å². The molecule has 2 atom stereocenters. The van der Waals surface area contributed by atoms with Gasteiger partial charge in [0.05, 0.1) is 0 Å². The van der Waals surface area contributed by atoms with Crippen molar-refractivity contribution in [3.63, 3.8) is 0 Å². The first-order valence-corrected chi connectivity index (χ1v) is 7.23. The molecule has 2 unspecified atom stereocenters. The van der Waals surface area contributed by atoms with Crippen molar-refractivity contribution >= 4 is 23.2 Å². The molecule has 18 heavy (non-hydrogen) atoms. The van der Waals surface area contributed by atoms with Crippen LogP contribution in [0.4, 0.5) is 0 Å². The lowest BCUT2D eigenvalue weighted by Gasteiger charge is -2.37. The third-order valence-corrected chi connectivity index (χ3v) is 4.40. The molecule has 1 N–H and O–H groups in total. The molecule has 1 aromatic rings. The lowest BCUT2D eigenvalue weighted by Crippen LogP contribution is -2.45. The van der Waals surface area contributed by atoms with Crippen molar-refractivity contribution < 1.29 is 0 Å². The smallest absolute Gasteiger partial charge is 0.0454 e. The predicted octanol–water partition coefficient (Wildman–Crippen LogP) is 3.74. The molecule has 1 heterocycles. The molecule has 2 nitrogen and oxygen atoms in total. The van der Waals surface area contributed by atoms with Crippen molar-refractivity contribution in [2.24, 2.45) is 0 Å². The van der Waals surface area contributed by atoms with Gasteiger partial charge < -0.3 is 5.32 Å². The van der Waals surface area contributed by atoms with E-state index < -0.39 is 0 Å². The summed E-state index contributed by atoms with van der Waals surface area (Å²) >= 11 is 12.3. The van der Waals surface area contributed by atoms with Gasteiger partial charge in [-0.2, -0.15) is 0 Å².